The van der Waals surface area contributed by atoms with Crippen LogP contribution in [0.1, 0.15) is 18.5 Å². The molecule has 0 spiro atoms. The molecule has 0 radical (unpaired) electrons. The number of anilines is 1. The Labute approximate surface area is 109 Å². The normalized spacial score (nSPS) is 13.4. The molecule has 1 heterocycles. The second kappa shape index (κ2) is 4.98. The maximum absolute atomic E-state index is 13.6. The Balaban J connectivity index is 2.33. The average molecular weight is 284 g/mol. The second-order valence-corrected chi connectivity index (χ2v) is 5.68. The Morgan fingerprint density at radius 2 is 2.21 bits per heavy atom. The van der Waals surface area contributed by atoms with Crippen LogP contribution in [0.3, 0.4) is 0 Å². The quantitative estimate of drug-likeness (QED) is 0.733. The first-order valence-electron chi connectivity index (χ1n) is 5.47. The largest absolute Gasteiger partial charge is 0.398 e. The molecule has 0 aliphatic heterocycles. The van der Waals surface area contributed by atoms with Crippen LogP contribution in [0, 0.1) is 5.82 Å². The van der Waals surface area contributed by atoms with Gasteiger partial charge in [-0.2, -0.15) is 5.10 Å². The Morgan fingerprint density at radius 1 is 1.47 bits per heavy atom. The van der Waals surface area contributed by atoms with Crippen LogP contribution in [0.4, 0.5) is 10.1 Å². The molecule has 1 aromatic heterocycles. The van der Waals surface area contributed by atoms with E-state index in [0.29, 0.717) is 5.56 Å². The summed E-state index contributed by atoms with van der Waals surface area (Å²) in [5, 5.41) is 6.30. The van der Waals surface area contributed by atoms with Gasteiger partial charge in [-0.05, 0) is 19.1 Å². The minimum atomic E-state index is -4.04. The lowest BCUT2D eigenvalue weighted by Crippen LogP contribution is -2.28. The molecule has 1 aromatic carbocycles. The van der Waals surface area contributed by atoms with Crippen molar-refractivity contribution in [1.82, 2.24) is 14.9 Å². The van der Waals surface area contributed by atoms with Crippen LogP contribution in [0.5, 0.6) is 0 Å². The van der Waals surface area contributed by atoms with Crippen molar-refractivity contribution in [3.8, 4) is 0 Å². The summed E-state index contributed by atoms with van der Waals surface area (Å²) in [6.45, 7) is 1.62. The monoisotopic (exact) mass is 284 g/mol. The van der Waals surface area contributed by atoms with Crippen LogP contribution in [-0.4, -0.2) is 18.6 Å². The van der Waals surface area contributed by atoms with Crippen molar-refractivity contribution in [1.29, 1.82) is 0 Å². The third-order valence-electron chi connectivity index (χ3n) is 2.62. The third kappa shape index (κ3) is 2.74. The summed E-state index contributed by atoms with van der Waals surface area (Å²) in [5.74, 6) is -0.883. The molecule has 6 nitrogen and oxygen atoms in total. The van der Waals surface area contributed by atoms with Crippen molar-refractivity contribution in [2.75, 3.05) is 5.73 Å². The van der Waals surface area contributed by atoms with Gasteiger partial charge in [0.05, 0.1) is 11.9 Å². The topological polar surface area (TPSA) is 101 Å². The van der Waals surface area contributed by atoms with Crippen LogP contribution < -0.4 is 10.5 Å². The fraction of sp³-hybridized carbons (Fsp3) is 0.182. The maximum Gasteiger partial charge on any atom is 0.246 e. The number of hydrogen-bond donors (Lipinski definition) is 3. The zero-order chi connectivity index (χ0) is 14.0. The molecule has 1 atom stereocenters. The van der Waals surface area contributed by atoms with Crippen LogP contribution >= 0.6 is 0 Å². The van der Waals surface area contributed by atoms with Gasteiger partial charge in [0.25, 0.3) is 0 Å². The summed E-state index contributed by atoms with van der Waals surface area (Å²) in [6.07, 6.45) is 3.04. The number of nitrogens with two attached hydrogens (primary N) is 1. The molecule has 4 N–H and O–H groups in total. The van der Waals surface area contributed by atoms with E-state index in [0.717, 1.165) is 6.07 Å². The van der Waals surface area contributed by atoms with E-state index in [-0.39, 0.29) is 5.69 Å². The van der Waals surface area contributed by atoms with Crippen LogP contribution in [0.25, 0.3) is 0 Å². The van der Waals surface area contributed by atoms with Crippen LogP contribution in [0.2, 0.25) is 0 Å². The molecular formula is C11H13FN4O2S. The summed E-state index contributed by atoms with van der Waals surface area (Å²) < 4.78 is 40.2. The fourth-order valence-corrected chi connectivity index (χ4v) is 3.09. The number of H-pyrrole nitrogens is 1. The Bertz CT molecular complexity index is 650. The predicted octanol–water partition coefficient (Wildman–Crippen LogP) is 1.17. The van der Waals surface area contributed by atoms with Gasteiger partial charge in [0.15, 0.2) is 0 Å². The van der Waals surface area contributed by atoms with Crippen molar-refractivity contribution in [3.05, 3.63) is 42.0 Å². The van der Waals surface area contributed by atoms with Crippen molar-refractivity contribution < 1.29 is 12.8 Å². The van der Waals surface area contributed by atoms with E-state index in [1.165, 1.54) is 18.3 Å². The highest BCUT2D eigenvalue weighted by Crippen LogP contribution is 2.23. The number of rotatable bonds is 4. The van der Waals surface area contributed by atoms with Gasteiger partial charge in [-0.15, -0.1) is 0 Å². The molecule has 0 aliphatic rings. The molecule has 1 unspecified atom stereocenters. The van der Waals surface area contributed by atoms with E-state index in [9.17, 15) is 12.8 Å². The SMILES string of the molecule is CC(NS(=O)(=O)c1c(N)cccc1F)c1cn[nH]c1. The molecule has 2 aromatic rings. The number of benzene rings is 1. The fourth-order valence-electron chi connectivity index (χ4n) is 1.67. The Morgan fingerprint density at radius 3 is 2.79 bits per heavy atom. The maximum atomic E-state index is 13.6. The molecule has 0 amide bonds. The van der Waals surface area contributed by atoms with Gasteiger partial charge in [-0.25, -0.2) is 17.5 Å². The predicted molar refractivity (Wildman–Crippen MR) is 68.1 cm³/mol. The van der Waals surface area contributed by atoms with Gasteiger partial charge in [0.1, 0.15) is 10.7 Å². The van der Waals surface area contributed by atoms with Gasteiger partial charge >= 0.3 is 0 Å². The van der Waals surface area contributed by atoms with Crippen molar-refractivity contribution in [2.24, 2.45) is 0 Å². The molecule has 0 saturated heterocycles. The van der Waals surface area contributed by atoms with E-state index in [1.54, 1.807) is 13.1 Å². The van der Waals surface area contributed by atoms with Gasteiger partial charge in [-0.3, -0.25) is 5.10 Å². The number of halogens is 1. The van der Waals surface area contributed by atoms with Crippen molar-refractivity contribution >= 4 is 15.7 Å². The number of nitrogen functional groups attached to an aromatic ring is 1. The third-order valence-corrected chi connectivity index (χ3v) is 4.25. The average Bonchev–Trinajstić information content (AvgIpc) is 2.80. The molecule has 0 aliphatic carbocycles. The summed E-state index contributed by atoms with van der Waals surface area (Å²) in [6, 6.07) is 3.18. The van der Waals surface area contributed by atoms with Gasteiger partial charge < -0.3 is 5.73 Å². The number of aromatic amines is 1. The lowest BCUT2D eigenvalue weighted by atomic mass is 10.2. The first kappa shape index (κ1) is 13.5. The number of sulfonamides is 1. The Hall–Kier alpha value is -1.93. The lowest BCUT2D eigenvalue weighted by molar-refractivity contribution is 0.548. The minimum Gasteiger partial charge on any atom is -0.398 e. The number of aromatic nitrogens is 2. The summed E-state index contributed by atoms with van der Waals surface area (Å²) in [4.78, 5) is -0.537. The molecule has 2 rings (SSSR count). The molecular weight excluding hydrogens is 271 g/mol. The first-order valence-corrected chi connectivity index (χ1v) is 6.95. The van der Waals surface area contributed by atoms with E-state index in [4.69, 9.17) is 5.73 Å². The molecule has 0 saturated carbocycles. The number of hydrogen-bond acceptors (Lipinski definition) is 4. The molecule has 19 heavy (non-hydrogen) atoms. The van der Waals surface area contributed by atoms with Crippen LogP contribution in [-0.2, 0) is 10.0 Å². The van der Waals surface area contributed by atoms with E-state index in [1.807, 2.05) is 0 Å². The molecule has 102 valence electrons. The minimum absolute atomic E-state index is 0.133. The van der Waals surface area contributed by atoms with Gasteiger partial charge in [0, 0.05) is 17.8 Å². The summed E-state index contributed by atoms with van der Waals surface area (Å²) >= 11 is 0. The van der Waals surface area contributed by atoms with Gasteiger partial charge in [0.2, 0.25) is 10.0 Å². The summed E-state index contributed by atoms with van der Waals surface area (Å²) in [5.41, 5.74) is 6.03. The van der Waals surface area contributed by atoms with Gasteiger partial charge in [-0.1, -0.05) is 6.07 Å². The molecule has 0 bridgehead atoms. The first-order chi connectivity index (χ1) is 8.92. The summed E-state index contributed by atoms with van der Waals surface area (Å²) in [7, 11) is -4.04. The highest BCUT2D eigenvalue weighted by molar-refractivity contribution is 7.89. The number of nitrogens with zero attached hydrogens (tertiary/aromatic N) is 1. The van der Waals surface area contributed by atoms with E-state index < -0.39 is 26.8 Å². The van der Waals surface area contributed by atoms with Crippen molar-refractivity contribution in [2.45, 2.75) is 17.9 Å². The van der Waals surface area contributed by atoms with Crippen LogP contribution in [0.15, 0.2) is 35.5 Å². The standard InChI is InChI=1S/C11H13FN4O2S/c1-7(8-5-14-15-6-8)16-19(17,18)11-9(12)3-2-4-10(11)13/h2-7,16H,13H2,1H3,(H,14,15). The van der Waals surface area contributed by atoms with E-state index in [2.05, 4.69) is 14.9 Å². The highest BCUT2D eigenvalue weighted by atomic mass is 32.2. The zero-order valence-corrected chi connectivity index (χ0v) is 10.9. The smallest absolute Gasteiger partial charge is 0.246 e. The second-order valence-electron chi connectivity index (χ2n) is 4.03. The lowest BCUT2D eigenvalue weighted by Gasteiger charge is -2.14. The molecule has 0 fully saturated rings. The Kier molecular flexibility index (Phi) is 3.54. The molecule has 8 heteroatoms. The van der Waals surface area contributed by atoms with Crippen molar-refractivity contribution in [3.63, 3.8) is 0 Å². The van der Waals surface area contributed by atoms with E-state index >= 15 is 0 Å². The highest BCUT2D eigenvalue weighted by Gasteiger charge is 2.24. The number of nitrogens with one attached hydrogen (secondary N) is 2. The zero-order valence-electron chi connectivity index (χ0n) is 10.1.